The third-order valence-corrected chi connectivity index (χ3v) is 2.34. The number of aromatic amines is 1. The fourth-order valence-corrected chi connectivity index (χ4v) is 1.60. The van der Waals surface area contributed by atoms with Gasteiger partial charge in [-0.25, -0.2) is 4.98 Å². The summed E-state index contributed by atoms with van der Waals surface area (Å²) >= 11 is 0. The minimum absolute atomic E-state index is 0.207. The van der Waals surface area contributed by atoms with Gasteiger partial charge in [0.2, 0.25) is 0 Å². The lowest BCUT2D eigenvalue weighted by Gasteiger charge is -1.88. The summed E-state index contributed by atoms with van der Waals surface area (Å²) in [7, 11) is 0. The molecule has 0 aliphatic heterocycles. The van der Waals surface area contributed by atoms with Gasteiger partial charge in [-0.2, -0.15) is 0 Å². The number of nitrogens with zero attached hydrogens (tertiary/aromatic N) is 2. The average Bonchev–Trinajstić information content (AvgIpc) is 2.83. The molecule has 0 radical (unpaired) electrons. The molecule has 2 N–H and O–H groups in total. The number of hydrogen-bond acceptors (Lipinski definition) is 4. The van der Waals surface area contributed by atoms with Gasteiger partial charge in [0.1, 0.15) is 17.2 Å². The van der Waals surface area contributed by atoms with Crippen molar-refractivity contribution in [3.05, 3.63) is 30.0 Å². The van der Waals surface area contributed by atoms with E-state index in [2.05, 4.69) is 15.1 Å². The maximum atomic E-state index is 9.33. The quantitative estimate of drug-likeness (QED) is 0.652. The molecule has 2 heterocycles. The van der Waals surface area contributed by atoms with Crippen LogP contribution in [0.1, 0.15) is 5.76 Å². The Balaban J connectivity index is 2.18. The Morgan fingerprint density at radius 2 is 2.19 bits per heavy atom. The molecule has 5 nitrogen and oxygen atoms in total. The van der Waals surface area contributed by atoms with Crippen LogP contribution in [-0.2, 0) is 0 Å². The fraction of sp³-hybridized carbons (Fsp3) is 0.0909. The third kappa shape index (κ3) is 1.33. The van der Waals surface area contributed by atoms with Crippen LogP contribution in [0, 0.1) is 6.92 Å². The predicted molar refractivity (Wildman–Crippen MR) is 58.0 cm³/mol. The molecule has 0 aliphatic carbocycles. The first kappa shape index (κ1) is 8.96. The fourth-order valence-electron chi connectivity index (χ4n) is 1.60. The number of nitrogens with one attached hydrogen (secondary N) is 1. The SMILES string of the molecule is Cc1cc(-c2nc3ccc(O)cc3[nH]2)no1. The zero-order valence-corrected chi connectivity index (χ0v) is 8.56. The number of benzene rings is 1. The highest BCUT2D eigenvalue weighted by Gasteiger charge is 2.09. The van der Waals surface area contributed by atoms with Crippen LogP contribution in [0.2, 0.25) is 0 Å². The summed E-state index contributed by atoms with van der Waals surface area (Å²) in [6.07, 6.45) is 0. The molecule has 0 unspecified atom stereocenters. The topological polar surface area (TPSA) is 74.9 Å². The van der Waals surface area contributed by atoms with Gasteiger partial charge in [-0.3, -0.25) is 0 Å². The molecular weight excluding hydrogens is 206 g/mol. The van der Waals surface area contributed by atoms with Gasteiger partial charge in [0.05, 0.1) is 11.0 Å². The highest BCUT2D eigenvalue weighted by molar-refractivity contribution is 5.80. The molecule has 0 saturated heterocycles. The average molecular weight is 215 g/mol. The number of aryl methyl sites for hydroxylation is 1. The van der Waals surface area contributed by atoms with Crippen LogP contribution < -0.4 is 0 Å². The maximum Gasteiger partial charge on any atom is 0.160 e. The molecule has 3 aromatic rings. The summed E-state index contributed by atoms with van der Waals surface area (Å²) in [4.78, 5) is 7.42. The number of aromatic hydroxyl groups is 1. The molecule has 0 amide bonds. The van der Waals surface area contributed by atoms with E-state index in [4.69, 9.17) is 4.52 Å². The van der Waals surface area contributed by atoms with E-state index < -0.39 is 0 Å². The Morgan fingerprint density at radius 1 is 1.31 bits per heavy atom. The first-order valence-corrected chi connectivity index (χ1v) is 4.85. The second-order valence-corrected chi connectivity index (χ2v) is 3.61. The highest BCUT2D eigenvalue weighted by Crippen LogP contribution is 2.22. The van der Waals surface area contributed by atoms with Crippen LogP contribution in [0.4, 0.5) is 0 Å². The first-order valence-electron chi connectivity index (χ1n) is 4.85. The number of H-pyrrole nitrogens is 1. The summed E-state index contributed by atoms with van der Waals surface area (Å²) in [5, 5.41) is 13.2. The van der Waals surface area contributed by atoms with E-state index in [0.717, 1.165) is 16.8 Å². The summed E-state index contributed by atoms with van der Waals surface area (Å²) in [5.41, 5.74) is 2.22. The van der Waals surface area contributed by atoms with Crippen molar-refractivity contribution in [1.29, 1.82) is 0 Å². The summed E-state index contributed by atoms with van der Waals surface area (Å²) in [6.45, 7) is 1.82. The number of phenolic OH excluding ortho intramolecular Hbond substituents is 1. The van der Waals surface area contributed by atoms with Crippen molar-refractivity contribution in [2.75, 3.05) is 0 Å². The zero-order chi connectivity index (χ0) is 11.1. The molecule has 0 atom stereocenters. The van der Waals surface area contributed by atoms with Crippen molar-refractivity contribution in [1.82, 2.24) is 15.1 Å². The molecule has 1 aromatic carbocycles. The van der Waals surface area contributed by atoms with Gasteiger partial charge >= 0.3 is 0 Å². The molecule has 80 valence electrons. The lowest BCUT2D eigenvalue weighted by atomic mass is 10.3. The molecule has 0 fully saturated rings. The predicted octanol–water partition coefficient (Wildman–Crippen LogP) is 2.23. The molecule has 3 rings (SSSR count). The van der Waals surface area contributed by atoms with Crippen molar-refractivity contribution in [3.63, 3.8) is 0 Å². The van der Waals surface area contributed by atoms with Crippen LogP contribution in [0.15, 0.2) is 28.8 Å². The number of fused-ring (bicyclic) bond motifs is 1. The van der Waals surface area contributed by atoms with E-state index in [1.807, 2.05) is 6.92 Å². The molecular formula is C11H9N3O2. The van der Waals surface area contributed by atoms with Gasteiger partial charge in [0.15, 0.2) is 5.82 Å². The number of hydrogen-bond donors (Lipinski definition) is 2. The minimum Gasteiger partial charge on any atom is -0.508 e. The molecule has 0 bridgehead atoms. The second-order valence-electron chi connectivity index (χ2n) is 3.61. The Bertz CT molecular complexity index is 654. The van der Waals surface area contributed by atoms with E-state index >= 15 is 0 Å². The van der Waals surface area contributed by atoms with E-state index in [-0.39, 0.29) is 5.75 Å². The van der Waals surface area contributed by atoms with Gasteiger partial charge in [-0.1, -0.05) is 5.16 Å². The summed E-state index contributed by atoms with van der Waals surface area (Å²) < 4.78 is 4.98. The summed E-state index contributed by atoms with van der Waals surface area (Å²) in [6, 6.07) is 6.77. The van der Waals surface area contributed by atoms with E-state index in [0.29, 0.717) is 11.5 Å². The van der Waals surface area contributed by atoms with E-state index in [1.54, 1.807) is 24.3 Å². The van der Waals surface area contributed by atoms with Gasteiger partial charge in [0.25, 0.3) is 0 Å². The Kier molecular flexibility index (Phi) is 1.73. The number of imidazole rings is 1. The molecule has 0 spiro atoms. The molecule has 2 aromatic heterocycles. The van der Waals surface area contributed by atoms with Crippen molar-refractivity contribution in [2.45, 2.75) is 6.92 Å². The van der Waals surface area contributed by atoms with Crippen LogP contribution in [-0.4, -0.2) is 20.2 Å². The molecule has 16 heavy (non-hydrogen) atoms. The smallest absolute Gasteiger partial charge is 0.160 e. The monoisotopic (exact) mass is 215 g/mol. The van der Waals surface area contributed by atoms with Crippen LogP contribution >= 0.6 is 0 Å². The van der Waals surface area contributed by atoms with Gasteiger partial charge in [0, 0.05) is 12.1 Å². The molecule has 5 heteroatoms. The molecule has 0 aliphatic rings. The lowest BCUT2D eigenvalue weighted by molar-refractivity contribution is 0.399. The number of rotatable bonds is 1. The Labute approximate surface area is 90.7 Å². The minimum atomic E-state index is 0.207. The van der Waals surface area contributed by atoms with Gasteiger partial charge in [-0.15, -0.1) is 0 Å². The van der Waals surface area contributed by atoms with Crippen LogP contribution in [0.25, 0.3) is 22.6 Å². The summed E-state index contributed by atoms with van der Waals surface area (Å²) in [5.74, 6) is 1.58. The van der Waals surface area contributed by atoms with E-state index in [9.17, 15) is 5.11 Å². The Hall–Kier alpha value is -2.30. The van der Waals surface area contributed by atoms with Crippen molar-refractivity contribution in [2.24, 2.45) is 0 Å². The van der Waals surface area contributed by atoms with Crippen LogP contribution in [0.3, 0.4) is 0 Å². The largest absolute Gasteiger partial charge is 0.508 e. The normalized spacial score (nSPS) is 11.1. The first-order chi connectivity index (χ1) is 7.72. The second kappa shape index (κ2) is 3.10. The zero-order valence-electron chi connectivity index (χ0n) is 8.56. The molecule has 0 saturated carbocycles. The van der Waals surface area contributed by atoms with Crippen LogP contribution in [0.5, 0.6) is 5.75 Å². The van der Waals surface area contributed by atoms with Gasteiger partial charge in [-0.05, 0) is 19.1 Å². The maximum absolute atomic E-state index is 9.33. The van der Waals surface area contributed by atoms with Crippen molar-refractivity contribution in [3.8, 4) is 17.3 Å². The van der Waals surface area contributed by atoms with Crippen molar-refractivity contribution < 1.29 is 9.63 Å². The van der Waals surface area contributed by atoms with Crippen molar-refractivity contribution >= 4 is 11.0 Å². The highest BCUT2D eigenvalue weighted by atomic mass is 16.5. The number of phenols is 1. The lowest BCUT2D eigenvalue weighted by Crippen LogP contribution is -1.77. The third-order valence-electron chi connectivity index (χ3n) is 2.34. The van der Waals surface area contributed by atoms with E-state index in [1.165, 1.54) is 0 Å². The number of aromatic nitrogens is 3. The Morgan fingerprint density at radius 3 is 2.94 bits per heavy atom. The van der Waals surface area contributed by atoms with Gasteiger partial charge < -0.3 is 14.6 Å². The standard InChI is InChI=1S/C11H9N3O2/c1-6-4-10(14-16-6)11-12-8-3-2-7(15)5-9(8)13-11/h2-5,15H,1H3,(H,12,13).